The van der Waals surface area contributed by atoms with Gasteiger partial charge in [0.1, 0.15) is 0 Å². The maximum atomic E-state index is 12.5. The van der Waals surface area contributed by atoms with E-state index in [0.717, 1.165) is 25.7 Å². The molecule has 2 aromatic rings. The highest BCUT2D eigenvalue weighted by molar-refractivity contribution is 8.00. The summed E-state index contributed by atoms with van der Waals surface area (Å²) < 4.78 is 7.65. The minimum atomic E-state index is -0.490. The Morgan fingerprint density at radius 1 is 1.24 bits per heavy atom. The van der Waals surface area contributed by atoms with Crippen molar-refractivity contribution < 1.29 is 14.0 Å². The van der Waals surface area contributed by atoms with Gasteiger partial charge in [-0.15, -0.1) is 10.2 Å². The standard InChI is InChI=1S/C20H29N5O3S/c1-13(2)12-21-19(27)22-18(26)14(3)29-20-24-23-17(16-10-7-11-28-16)25(20)15-8-5-4-6-9-15/h7,10-11,13-15H,4-6,8-9,12H2,1-3H3,(H2,21,22,26,27). The first-order valence-electron chi connectivity index (χ1n) is 10.2. The highest BCUT2D eigenvalue weighted by Crippen LogP contribution is 2.36. The second-order valence-corrected chi connectivity index (χ2v) is 9.11. The molecule has 29 heavy (non-hydrogen) atoms. The molecule has 2 N–H and O–H groups in total. The van der Waals surface area contributed by atoms with E-state index in [1.54, 1.807) is 13.2 Å². The molecular formula is C20H29N5O3S. The minimum absolute atomic E-state index is 0.283. The number of aromatic nitrogens is 3. The zero-order valence-corrected chi connectivity index (χ0v) is 18.0. The van der Waals surface area contributed by atoms with E-state index in [4.69, 9.17) is 4.42 Å². The lowest BCUT2D eigenvalue weighted by Crippen LogP contribution is -2.43. The van der Waals surface area contributed by atoms with Gasteiger partial charge in [0.15, 0.2) is 10.9 Å². The Labute approximate surface area is 175 Å². The van der Waals surface area contributed by atoms with Crippen LogP contribution >= 0.6 is 11.8 Å². The maximum absolute atomic E-state index is 12.5. The van der Waals surface area contributed by atoms with E-state index < -0.39 is 11.3 Å². The monoisotopic (exact) mass is 419 g/mol. The average Bonchev–Trinajstić information content (AvgIpc) is 3.36. The minimum Gasteiger partial charge on any atom is -0.461 e. The molecule has 3 amide bonds. The Morgan fingerprint density at radius 3 is 2.66 bits per heavy atom. The van der Waals surface area contributed by atoms with Crippen molar-refractivity contribution >= 4 is 23.7 Å². The Bertz CT molecular complexity index is 812. The molecule has 8 nitrogen and oxygen atoms in total. The number of nitrogens with one attached hydrogen (secondary N) is 2. The molecule has 1 fully saturated rings. The van der Waals surface area contributed by atoms with Gasteiger partial charge >= 0.3 is 6.03 Å². The smallest absolute Gasteiger partial charge is 0.321 e. The van der Waals surface area contributed by atoms with Crippen LogP contribution in [0.1, 0.15) is 58.9 Å². The summed E-state index contributed by atoms with van der Waals surface area (Å²) in [6, 6.07) is 3.51. The first-order valence-corrected chi connectivity index (χ1v) is 11.1. The number of furan rings is 1. The predicted molar refractivity (Wildman–Crippen MR) is 112 cm³/mol. The number of hydrogen-bond acceptors (Lipinski definition) is 6. The van der Waals surface area contributed by atoms with Gasteiger partial charge in [0.05, 0.1) is 11.5 Å². The number of carbonyl (C=O) groups is 2. The van der Waals surface area contributed by atoms with Crippen LogP contribution in [0.5, 0.6) is 0 Å². The highest BCUT2D eigenvalue weighted by Gasteiger charge is 2.27. The van der Waals surface area contributed by atoms with Gasteiger partial charge in [-0.2, -0.15) is 0 Å². The lowest BCUT2D eigenvalue weighted by Gasteiger charge is -2.25. The fourth-order valence-corrected chi connectivity index (χ4v) is 4.29. The van der Waals surface area contributed by atoms with E-state index in [1.165, 1.54) is 18.2 Å². The fourth-order valence-electron chi connectivity index (χ4n) is 3.37. The molecular weight excluding hydrogens is 390 g/mol. The maximum Gasteiger partial charge on any atom is 0.321 e. The number of imide groups is 1. The third-order valence-corrected chi connectivity index (χ3v) is 5.96. The van der Waals surface area contributed by atoms with Crippen LogP contribution in [0.15, 0.2) is 28.0 Å². The molecule has 9 heteroatoms. The molecule has 2 heterocycles. The van der Waals surface area contributed by atoms with Crippen LogP contribution in [-0.2, 0) is 4.79 Å². The van der Waals surface area contributed by atoms with E-state index in [-0.39, 0.29) is 11.9 Å². The van der Waals surface area contributed by atoms with Crippen molar-refractivity contribution in [3.8, 4) is 11.6 Å². The number of nitrogens with zero attached hydrogens (tertiary/aromatic N) is 3. The van der Waals surface area contributed by atoms with Crippen LogP contribution in [-0.4, -0.2) is 38.5 Å². The van der Waals surface area contributed by atoms with Gasteiger partial charge in [0.2, 0.25) is 11.7 Å². The summed E-state index contributed by atoms with van der Waals surface area (Å²) in [6.07, 6.45) is 7.29. The molecule has 2 aromatic heterocycles. The first kappa shape index (κ1) is 21.4. The molecule has 158 valence electrons. The van der Waals surface area contributed by atoms with E-state index in [9.17, 15) is 9.59 Å². The van der Waals surface area contributed by atoms with Gasteiger partial charge in [-0.05, 0) is 37.8 Å². The number of carbonyl (C=O) groups excluding carboxylic acids is 2. The van der Waals surface area contributed by atoms with E-state index in [1.807, 2.05) is 26.0 Å². The number of rotatable bonds is 7. The third kappa shape index (κ3) is 5.62. The van der Waals surface area contributed by atoms with Gasteiger partial charge in [-0.3, -0.25) is 14.7 Å². The largest absolute Gasteiger partial charge is 0.461 e. The van der Waals surface area contributed by atoms with Crippen LogP contribution in [0.25, 0.3) is 11.6 Å². The Hall–Kier alpha value is -2.29. The van der Waals surface area contributed by atoms with E-state index in [0.29, 0.717) is 29.2 Å². The topological polar surface area (TPSA) is 102 Å². The molecule has 0 spiro atoms. The molecule has 1 unspecified atom stereocenters. The molecule has 0 bridgehead atoms. The summed E-state index contributed by atoms with van der Waals surface area (Å²) in [7, 11) is 0. The molecule has 1 saturated carbocycles. The van der Waals surface area contributed by atoms with Crippen LogP contribution in [0.2, 0.25) is 0 Å². The average molecular weight is 420 g/mol. The van der Waals surface area contributed by atoms with Crippen molar-refractivity contribution in [3.63, 3.8) is 0 Å². The molecule has 1 aliphatic carbocycles. The van der Waals surface area contributed by atoms with Crippen molar-refractivity contribution in [2.45, 2.75) is 69.3 Å². The van der Waals surface area contributed by atoms with Gasteiger partial charge in [-0.1, -0.05) is 44.9 Å². The molecule has 3 rings (SSSR count). The quantitative estimate of drug-likeness (QED) is 0.658. The Balaban J connectivity index is 1.72. The zero-order valence-electron chi connectivity index (χ0n) is 17.2. The van der Waals surface area contributed by atoms with Crippen molar-refractivity contribution in [2.24, 2.45) is 5.92 Å². The number of amides is 3. The van der Waals surface area contributed by atoms with Crippen LogP contribution in [0.4, 0.5) is 4.79 Å². The summed E-state index contributed by atoms with van der Waals surface area (Å²) in [4.78, 5) is 24.3. The summed E-state index contributed by atoms with van der Waals surface area (Å²) >= 11 is 1.31. The molecule has 1 atom stereocenters. The normalized spacial score (nSPS) is 16.0. The molecule has 0 radical (unpaired) electrons. The van der Waals surface area contributed by atoms with Crippen LogP contribution in [0.3, 0.4) is 0 Å². The third-order valence-electron chi connectivity index (χ3n) is 4.90. The lowest BCUT2D eigenvalue weighted by atomic mass is 9.95. The summed E-state index contributed by atoms with van der Waals surface area (Å²) in [5.74, 6) is 1.32. The van der Waals surface area contributed by atoms with Crippen molar-refractivity contribution in [2.75, 3.05) is 6.54 Å². The molecule has 0 saturated heterocycles. The van der Waals surface area contributed by atoms with E-state index in [2.05, 4.69) is 25.4 Å². The van der Waals surface area contributed by atoms with Crippen LogP contribution in [0, 0.1) is 5.92 Å². The molecule has 0 aliphatic heterocycles. The molecule has 1 aliphatic rings. The Kier molecular flexibility index (Phi) is 7.35. The summed E-state index contributed by atoms with van der Waals surface area (Å²) in [6.45, 7) is 6.27. The van der Waals surface area contributed by atoms with Gasteiger partial charge in [0.25, 0.3) is 0 Å². The van der Waals surface area contributed by atoms with Gasteiger partial charge in [-0.25, -0.2) is 4.79 Å². The summed E-state index contributed by atoms with van der Waals surface area (Å²) in [5, 5.41) is 14.0. The Morgan fingerprint density at radius 2 is 2.00 bits per heavy atom. The van der Waals surface area contributed by atoms with Crippen LogP contribution < -0.4 is 10.6 Å². The summed E-state index contributed by atoms with van der Waals surface area (Å²) in [5.41, 5.74) is 0. The molecule has 0 aromatic carbocycles. The van der Waals surface area contributed by atoms with E-state index >= 15 is 0 Å². The SMILES string of the molecule is CC(C)CNC(=O)NC(=O)C(C)Sc1nnc(-c2ccco2)n1C1CCCCC1. The highest BCUT2D eigenvalue weighted by atomic mass is 32.2. The number of urea groups is 1. The fraction of sp³-hybridized carbons (Fsp3) is 0.600. The van der Waals surface area contributed by atoms with Gasteiger partial charge < -0.3 is 9.73 Å². The second kappa shape index (κ2) is 9.96. The van der Waals surface area contributed by atoms with Crippen molar-refractivity contribution in [3.05, 3.63) is 18.4 Å². The lowest BCUT2D eigenvalue weighted by molar-refractivity contribution is -0.119. The second-order valence-electron chi connectivity index (χ2n) is 7.80. The predicted octanol–water partition coefficient (Wildman–Crippen LogP) is 4.01. The zero-order chi connectivity index (χ0) is 20.8. The number of hydrogen-bond donors (Lipinski definition) is 2. The van der Waals surface area contributed by atoms with Crippen molar-refractivity contribution in [1.82, 2.24) is 25.4 Å². The number of thioether (sulfide) groups is 1. The van der Waals surface area contributed by atoms with Gasteiger partial charge in [0, 0.05) is 12.6 Å². The van der Waals surface area contributed by atoms with Crippen molar-refractivity contribution in [1.29, 1.82) is 0 Å². The first-order chi connectivity index (χ1) is 14.0.